The van der Waals surface area contributed by atoms with Crippen molar-refractivity contribution in [2.45, 2.75) is 32.6 Å². The minimum absolute atomic E-state index is 0.218. The smallest absolute Gasteiger partial charge is 0.224 e. The zero-order valence-electron chi connectivity index (χ0n) is 12.2. The van der Waals surface area contributed by atoms with Crippen LogP contribution in [0.4, 0.5) is 5.82 Å². The number of ether oxygens (including phenoxy) is 1. The lowest BCUT2D eigenvalue weighted by molar-refractivity contribution is -0.131. The molecule has 0 aromatic carbocycles. The summed E-state index contributed by atoms with van der Waals surface area (Å²) in [6.45, 7) is 4.28. The summed E-state index contributed by atoms with van der Waals surface area (Å²) in [5.41, 5.74) is 0.862. The number of carbonyl (C=O) groups excluding carboxylic acids is 1. The highest BCUT2D eigenvalue weighted by Crippen LogP contribution is 2.19. The molecule has 1 fully saturated rings. The third-order valence-electron chi connectivity index (χ3n) is 3.57. The lowest BCUT2D eigenvalue weighted by Gasteiger charge is -2.26. The number of methoxy groups -OCH3 is 1. The van der Waals surface area contributed by atoms with Gasteiger partial charge in [0.15, 0.2) is 0 Å². The Morgan fingerprint density at radius 3 is 2.80 bits per heavy atom. The molecule has 0 unspecified atom stereocenters. The molecule has 0 saturated carbocycles. The van der Waals surface area contributed by atoms with Crippen molar-refractivity contribution in [1.82, 2.24) is 14.9 Å². The second kappa shape index (κ2) is 7.07. The van der Waals surface area contributed by atoms with E-state index in [4.69, 9.17) is 4.74 Å². The fourth-order valence-electron chi connectivity index (χ4n) is 2.41. The Bertz CT molecular complexity index is 458. The van der Waals surface area contributed by atoms with Crippen molar-refractivity contribution in [2.75, 3.05) is 32.1 Å². The van der Waals surface area contributed by atoms with E-state index in [9.17, 15) is 4.79 Å². The molecular weight excluding hydrogens is 256 g/mol. The van der Waals surface area contributed by atoms with E-state index in [0.717, 1.165) is 37.3 Å². The van der Waals surface area contributed by atoms with E-state index >= 15 is 0 Å². The second-order valence-corrected chi connectivity index (χ2v) is 4.97. The summed E-state index contributed by atoms with van der Waals surface area (Å²) < 4.78 is 5.14. The van der Waals surface area contributed by atoms with Gasteiger partial charge in [0.25, 0.3) is 0 Å². The van der Waals surface area contributed by atoms with Gasteiger partial charge in [-0.1, -0.05) is 0 Å². The van der Waals surface area contributed by atoms with E-state index in [1.807, 2.05) is 11.8 Å². The molecule has 110 valence electrons. The molecule has 2 rings (SSSR count). The van der Waals surface area contributed by atoms with Crippen molar-refractivity contribution in [1.29, 1.82) is 0 Å². The highest BCUT2D eigenvalue weighted by Gasteiger charge is 2.16. The molecule has 1 N–H and O–H groups in total. The summed E-state index contributed by atoms with van der Waals surface area (Å²) in [7, 11) is 1.58. The Labute approximate surface area is 119 Å². The zero-order chi connectivity index (χ0) is 14.4. The Balaban J connectivity index is 1.82. The lowest BCUT2D eigenvalue weighted by Crippen LogP contribution is -2.36. The van der Waals surface area contributed by atoms with E-state index in [1.54, 1.807) is 7.11 Å². The van der Waals surface area contributed by atoms with E-state index in [2.05, 4.69) is 15.3 Å². The maximum atomic E-state index is 12.0. The van der Waals surface area contributed by atoms with E-state index < -0.39 is 0 Å². The molecule has 1 amide bonds. The predicted molar refractivity (Wildman–Crippen MR) is 76.9 cm³/mol. The molecule has 6 heteroatoms. The number of likely N-dealkylation sites (tertiary alicyclic amines) is 1. The lowest BCUT2D eigenvalue weighted by atomic mass is 10.1. The van der Waals surface area contributed by atoms with Gasteiger partial charge in [-0.2, -0.15) is 0 Å². The molecule has 1 aromatic rings. The third-order valence-corrected chi connectivity index (χ3v) is 3.57. The average Bonchev–Trinajstić information content (AvgIpc) is 2.49. The van der Waals surface area contributed by atoms with Crippen LogP contribution in [0.1, 0.15) is 31.2 Å². The van der Waals surface area contributed by atoms with Gasteiger partial charge < -0.3 is 15.0 Å². The molecule has 1 aliphatic rings. The normalized spacial score (nSPS) is 15.0. The highest BCUT2D eigenvalue weighted by atomic mass is 16.5. The fraction of sp³-hybridized carbons (Fsp3) is 0.643. The van der Waals surface area contributed by atoms with Crippen molar-refractivity contribution in [2.24, 2.45) is 0 Å². The molecule has 0 atom stereocenters. The number of amides is 1. The minimum atomic E-state index is 0.218. The molecule has 1 saturated heterocycles. The van der Waals surface area contributed by atoms with Crippen LogP contribution >= 0.6 is 0 Å². The van der Waals surface area contributed by atoms with Gasteiger partial charge in [-0.15, -0.1) is 0 Å². The van der Waals surface area contributed by atoms with E-state index in [1.165, 1.54) is 12.7 Å². The van der Waals surface area contributed by atoms with Gasteiger partial charge in [-0.05, 0) is 26.2 Å². The number of nitrogens with one attached hydrogen (secondary N) is 1. The van der Waals surface area contributed by atoms with E-state index in [0.29, 0.717) is 18.8 Å². The molecule has 0 aliphatic carbocycles. The van der Waals surface area contributed by atoms with Gasteiger partial charge in [-0.3, -0.25) is 4.79 Å². The molecule has 2 heterocycles. The van der Waals surface area contributed by atoms with Gasteiger partial charge in [0.2, 0.25) is 11.8 Å². The van der Waals surface area contributed by atoms with Crippen LogP contribution in [0.25, 0.3) is 0 Å². The number of nitrogens with zero attached hydrogens (tertiary/aromatic N) is 3. The van der Waals surface area contributed by atoms with E-state index in [-0.39, 0.29) is 5.91 Å². The average molecular weight is 278 g/mol. The zero-order valence-corrected chi connectivity index (χ0v) is 12.2. The minimum Gasteiger partial charge on any atom is -0.481 e. The first-order valence-corrected chi connectivity index (χ1v) is 7.09. The first kappa shape index (κ1) is 14.6. The number of hydrogen-bond donors (Lipinski definition) is 1. The summed E-state index contributed by atoms with van der Waals surface area (Å²) >= 11 is 0. The van der Waals surface area contributed by atoms with Crippen LogP contribution in [0.2, 0.25) is 0 Å². The topological polar surface area (TPSA) is 67.4 Å². The van der Waals surface area contributed by atoms with Gasteiger partial charge in [-0.25, -0.2) is 9.97 Å². The van der Waals surface area contributed by atoms with Crippen molar-refractivity contribution in [3.05, 3.63) is 11.9 Å². The number of anilines is 1. The van der Waals surface area contributed by atoms with Crippen molar-refractivity contribution in [3.8, 4) is 5.88 Å². The number of hydrogen-bond acceptors (Lipinski definition) is 5. The molecule has 0 spiro atoms. The monoisotopic (exact) mass is 278 g/mol. The summed E-state index contributed by atoms with van der Waals surface area (Å²) in [4.78, 5) is 22.2. The Hall–Kier alpha value is -1.85. The van der Waals surface area contributed by atoms with Gasteiger partial charge in [0.1, 0.15) is 12.1 Å². The van der Waals surface area contributed by atoms with Crippen LogP contribution in [0.5, 0.6) is 5.88 Å². The largest absolute Gasteiger partial charge is 0.481 e. The molecule has 1 aliphatic heterocycles. The van der Waals surface area contributed by atoms with Gasteiger partial charge >= 0.3 is 0 Å². The standard InChI is InChI=1S/C14H22N4O2/c1-11-13(16-10-17-14(11)20-2)15-7-6-12(19)18-8-4-3-5-9-18/h10H,3-9H2,1-2H3,(H,15,16,17). The molecule has 6 nitrogen and oxygen atoms in total. The van der Waals surface area contributed by atoms with Crippen molar-refractivity contribution in [3.63, 3.8) is 0 Å². The number of rotatable bonds is 5. The number of carbonyl (C=O) groups is 1. The van der Waals surface area contributed by atoms with Crippen LogP contribution in [0.3, 0.4) is 0 Å². The third kappa shape index (κ3) is 3.59. The molecule has 20 heavy (non-hydrogen) atoms. The first-order chi connectivity index (χ1) is 9.72. The molecule has 0 bridgehead atoms. The first-order valence-electron chi connectivity index (χ1n) is 7.09. The van der Waals surface area contributed by atoms with Gasteiger partial charge in [0, 0.05) is 26.1 Å². The van der Waals surface area contributed by atoms with Crippen LogP contribution < -0.4 is 10.1 Å². The fourth-order valence-corrected chi connectivity index (χ4v) is 2.41. The maximum absolute atomic E-state index is 12.0. The second-order valence-electron chi connectivity index (χ2n) is 4.97. The summed E-state index contributed by atoms with van der Waals surface area (Å²) in [6, 6.07) is 0. The Morgan fingerprint density at radius 1 is 1.35 bits per heavy atom. The summed E-state index contributed by atoms with van der Waals surface area (Å²) in [5.74, 6) is 1.50. The SMILES string of the molecule is COc1ncnc(NCCC(=O)N2CCCCC2)c1C. The van der Waals surface area contributed by atoms with Gasteiger partial charge in [0.05, 0.1) is 12.7 Å². The molecule has 1 aromatic heterocycles. The Morgan fingerprint density at radius 2 is 2.10 bits per heavy atom. The molecule has 0 radical (unpaired) electrons. The van der Waals surface area contributed by atoms with Crippen molar-refractivity contribution < 1.29 is 9.53 Å². The predicted octanol–water partition coefficient (Wildman–Crippen LogP) is 1.61. The summed E-state index contributed by atoms with van der Waals surface area (Å²) in [5, 5.41) is 3.18. The summed E-state index contributed by atoms with van der Waals surface area (Å²) in [6.07, 6.45) is 5.44. The van der Waals surface area contributed by atoms with Crippen LogP contribution in [-0.2, 0) is 4.79 Å². The number of piperidine rings is 1. The van der Waals surface area contributed by atoms with Crippen LogP contribution in [0.15, 0.2) is 6.33 Å². The van der Waals surface area contributed by atoms with Crippen LogP contribution in [-0.4, -0.2) is 47.5 Å². The van der Waals surface area contributed by atoms with Crippen molar-refractivity contribution >= 4 is 11.7 Å². The van der Waals surface area contributed by atoms with Crippen LogP contribution in [0, 0.1) is 6.92 Å². The number of aromatic nitrogens is 2. The highest BCUT2D eigenvalue weighted by molar-refractivity contribution is 5.76. The molecular formula is C14H22N4O2. The Kier molecular flexibility index (Phi) is 5.15. The maximum Gasteiger partial charge on any atom is 0.224 e. The quantitative estimate of drug-likeness (QED) is 0.886.